The Morgan fingerprint density at radius 2 is 0.761 bits per heavy atom. The molecule has 0 radical (unpaired) electrons. The average molecular weight is 941 g/mol. The molecule has 3 N–H and O–H groups in total. The Labute approximate surface area is 416 Å². The molecule has 6 nitrogen and oxygen atoms in total. The van der Waals surface area contributed by atoms with E-state index in [9.17, 15) is 19.8 Å². The third-order valence-electron chi connectivity index (χ3n) is 13.3. The Bertz CT molecular complexity index is 1130. The number of hydrogen-bond acceptors (Lipinski definition) is 5. The standard InChI is InChI=1S/C61H113NO5/c1-3-5-7-9-11-13-15-17-19-20-21-22-23-24-26-29-33-37-41-45-49-53-59(64)58(57-63)62-60(65)54-50-46-42-38-34-30-27-25-28-32-36-40-44-48-52-56-67-61(66)55-51-47-43-39-35-31-18-16-14-12-10-8-6-4-2/h10,12,16,18,28,32,49,53,58-59,63-64H,3-9,11,13-15,17,19-27,29-31,33-48,50-52,54-57H2,1-2H3,(H,62,65)/b12-10-,18-16-,32-28-,53-49+. The van der Waals surface area contributed by atoms with Crippen LogP contribution in [0.25, 0.3) is 0 Å². The third-order valence-corrected chi connectivity index (χ3v) is 13.3. The molecule has 6 heteroatoms. The molecule has 67 heavy (non-hydrogen) atoms. The van der Waals surface area contributed by atoms with Gasteiger partial charge in [0.15, 0.2) is 0 Å². The lowest BCUT2D eigenvalue weighted by atomic mass is 10.0. The van der Waals surface area contributed by atoms with Crippen molar-refractivity contribution in [3.63, 3.8) is 0 Å². The van der Waals surface area contributed by atoms with E-state index < -0.39 is 12.1 Å². The molecule has 0 aliphatic heterocycles. The van der Waals surface area contributed by atoms with Gasteiger partial charge >= 0.3 is 5.97 Å². The van der Waals surface area contributed by atoms with Gasteiger partial charge in [0.1, 0.15) is 0 Å². The first-order chi connectivity index (χ1) is 33.0. The fourth-order valence-electron chi connectivity index (χ4n) is 8.76. The minimum atomic E-state index is -0.857. The van der Waals surface area contributed by atoms with Crippen LogP contribution in [-0.2, 0) is 14.3 Å². The minimum absolute atomic E-state index is 0.0261. The fraction of sp³-hybridized carbons (Fsp3) is 0.836. The maximum Gasteiger partial charge on any atom is 0.305 e. The summed E-state index contributed by atoms with van der Waals surface area (Å²) in [7, 11) is 0. The molecule has 0 aromatic heterocycles. The summed E-state index contributed by atoms with van der Waals surface area (Å²) in [5.41, 5.74) is 0. The van der Waals surface area contributed by atoms with Gasteiger partial charge in [-0.05, 0) is 83.5 Å². The summed E-state index contributed by atoms with van der Waals surface area (Å²) in [6.45, 7) is 4.83. The van der Waals surface area contributed by atoms with Crippen molar-refractivity contribution in [2.24, 2.45) is 0 Å². The Hall–Kier alpha value is -2.18. The van der Waals surface area contributed by atoms with E-state index >= 15 is 0 Å². The number of carbonyl (C=O) groups is 2. The lowest BCUT2D eigenvalue weighted by molar-refractivity contribution is -0.143. The van der Waals surface area contributed by atoms with Crippen molar-refractivity contribution in [2.75, 3.05) is 13.2 Å². The quantitative estimate of drug-likeness (QED) is 0.0321. The highest BCUT2D eigenvalue weighted by molar-refractivity contribution is 5.76. The van der Waals surface area contributed by atoms with Crippen LogP contribution in [0.1, 0.15) is 303 Å². The molecule has 0 spiro atoms. The normalized spacial score (nSPS) is 13.0. The van der Waals surface area contributed by atoms with Crippen LogP contribution in [0, 0.1) is 0 Å². The molecular weight excluding hydrogens is 827 g/mol. The predicted octanol–water partition coefficient (Wildman–Crippen LogP) is 18.2. The van der Waals surface area contributed by atoms with Crippen LogP contribution in [0.4, 0.5) is 0 Å². The van der Waals surface area contributed by atoms with Gasteiger partial charge in [-0.2, -0.15) is 0 Å². The van der Waals surface area contributed by atoms with Crippen LogP contribution in [-0.4, -0.2) is 47.4 Å². The van der Waals surface area contributed by atoms with Gasteiger partial charge in [0, 0.05) is 12.8 Å². The van der Waals surface area contributed by atoms with E-state index in [0.29, 0.717) is 19.4 Å². The number of nitrogens with one attached hydrogen (secondary N) is 1. The molecule has 2 atom stereocenters. The van der Waals surface area contributed by atoms with Gasteiger partial charge in [-0.25, -0.2) is 0 Å². The number of amides is 1. The summed E-state index contributed by atoms with van der Waals surface area (Å²) in [6.07, 6.45) is 71.3. The number of hydrogen-bond donors (Lipinski definition) is 3. The molecule has 0 aliphatic carbocycles. The van der Waals surface area contributed by atoms with Crippen molar-refractivity contribution >= 4 is 11.9 Å². The number of esters is 1. The molecule has 0 saturated heterocycles. The highest BCUT2D eigenvalue weighted by Gasteiger charge is 2.18. The number of rotatable bonds is 54. The Balaban J connectivity index is 3.52. The topological polar surface area (TPSA) is 95.9 Å². The first kappa shape index (κ1) is 64.8. The Morgan fingerprint density at radius 1 is 0.418 bits per heavy atom. The molecule has 0 fully saturated rings. The number of allylic oxidation sites excluding steroid dienone is 7. The van der Waals surface area contributed by atoms with E-state index in [0.717, 1.165) is 83.5 Å². The van der Waals surface area contributed by atoms with E-state index in [4.69, 9.17) is 4.74 Å². The van der Waals surface area contributed by atoms with Crippen LogP contribution < -0.4 is 5.32 Å². The Kier molecular flexibility index (Phi) is 54.6. The molecule has 0 rings (SSSR count). The van der Waals surface area contributed by atoms with Crippen molar-refractivity contribution in [3.05, 3.63) is 48.6 Å². The number of carbonyl (C=O) groups excluding carboxylic acids is 2. The fourth-order valence-corrected chi connectivity index (χ4v) is 8.76. The summed E-state index contributed by atoms with van der Waals surface area (Å²) < 4.78 is 5.45. The van der Waals surface area contributed by atoms with Gasteiger partial charge in [-0.15, -0.1) is 0 Å². The molecule has 0 saturated carbocycles. The van der Waals surface area contributed by atoms with Crippen molar-refractivity contribution < 1.29 is 24.5 Å². The summed E-state index contributed by atoms with van der Waals surface area (Å²) in [5.74, 6) is -0.109. The summed E-state index contributed by atoms with van der Waals surface area (Å²) in [5, 5.41) is 23.2. The molecule has 0 heterocycles. The van der Waals surface area contributed by atoms with Crippen LogP contribution in [0.2, 0.25) is 0 Å². The second-order valence-electron chi connectivity index (χ2n) is 20.0. The smallest absolute Gasteiger partial charge is 0.305 e. The number of unbranched alkanes of at least 4 members (excludes halogenated alkanes) is 37. The maximum atomic E-state index is 12.5. The second kappa shape index (κ2) is 56.4. The molecule has 0 aromatic rings. The number of ether oxygens (including phenoxy) is 1. The zero-order chi connectivity index (χ0) is 48.6. The molecule has 0 aromatic carbocycles. The number of aliphatic hydroxyl groups is 2. The van der Waals surface area contributed by atoms with Gasteiger partial charge in [-0.3, -0.25) is 9.59 Å². The summed E-state index contributed by atoms with van der Waals surface area (Å²) in [6, 6.07) is -0.642. The van der Waals surface area contributed by atoms with Crippen LogP contribution in [0.5, 0.6) is 0 Å². The molecular formula is C61H113NO5. The van der Waals surface area contributed by atoms with E-state index in [1.807, 2.05) is 6.08 Å². The minimum Gasteiger partial charge on any atom is -0.466 e. The van der Waals surface area contributed by atoms with Gasteiger partial charge < -0.3 is 20.3 Å². The highest BCUT2D eigenvalue weighted by atomic mass is 16.5. The van der Waals surface area contributed by atoms with Crippen molar-refractivity contribution in [1.82, 2.24) is 5.32 Å². The second-order valence-corrected chi connectivity index (χ2v) is 20.0. The van der Waals surface area contributed by atoms with Gasteiger partial charge in [0.2, 0.25) is 5.91 Å². The van der Waals surface area contributed by atoms with Crippen molar-refractivity contribution in [2.45, 2.75) is 315 Å². The molecule has 0 aliphatic rings. The summed E-state index contributed by atoms with van der Waals surface area (Å²) in [4.78, 5) is 24.5. The largest absolute Gasteiger partial charge is 0.466 e. The molecule has 392 valence electrons. The van der Waals surface area contributed by atoms with E-state index in [2.05, 4.69) is 55.6 Å². The number of aliphatic hydroxyl groups excluding tert-OH is 2. The van der Waals surface area contributed by atoms with Crippen LogP contribution in [0.15, 0.2) is 48.6 Å². The molecule has 0 bridgehead atoms. The highest BCUT2D eigenvalue weighted by Crippen LogP contribution is 2.16. The zero-order valence-corrected chi connectivity index (χ0v) is 44.6. The Morgan fingerprint density at radius 3 is 1.19 bits per heavy atom. The van der Waals surface area contributed by atoms with E-state index in [1.165, 1.54) is 193 Å². The van der Waals surface area contributed by atoms with Crippen molar-refractivity contribution in [3.8, 4) is 0 Å². The predicted molar refractivity (Wildman–Crippen MR) is 292 cm³/mol. The van der Waals surface area contributed by atoms with Gasteiger partial charge in [0.25, 0.3) is 0 Å². The SMILES string of the molecule is CCCC/C=C\C/C=C\CCCCCCCC(=O)OCCCCCC/C=C\CCCCCCCCCC(=O)NC(CO)C(O)/C=C/CCCCCCCCCCCCCCCCCCCCC. The maximum absolute atomic E-state index is 12.5. The van der Waals surface area contributed by atoms with Crippen LogP contribution in [0.3, 0.4) is 0 Å². The third kappa shape index (κ3) is 53.0. The van der Waals surface area contributed by atoms with Gasteiger partial charge in [0.05, 0.1) is 25.4 Å². The first-order valence-corrected chi connectivity index (χ1v) is 29.4. The van der Waals surface area contributed by atoms with Crippen molar-refractivity contribution in [1.29, 1.82) is 0 Å². The molecule has 2 unspecified atom stereocenters. The van der Waals surface area contributed by atoms with Gasteiger partial charge in [-0.1, -0.05) is 255 Å². The average Bonchev–Trinajstić information content (AvgIpc) is 3.33. The molecule has 1 amide bonds. The lowest BCUT2D eigenvalue weighted by Gasteiger charge is -2.20. The van der Waals surface area contributed by atoms with E-state index in [1.54, 1.807) is 6.08 Å². The lowest BCUT2D eigenvalue weighted by Crippen LogP contribution is -2.45. The first-order valence-electron chi connectivity index (χ1n) is 29.4. The summed E-state index contributed by atoms with van der Waals surface area (Å²) >= 11 is 0. The monoisotopic (exact) mass is 940 g/mol. The van der Waals surface area contributed by atoms with E-state index in [-0.39, 0.29) is 18.5 Å². The van der Waals surface area contributed by atoms with Crippen LogP contribution >= 0.6 is 0 Å². The zero-order valence-electron chi connectivity index (χ0n) is 44.6.